The van der Waals surface area contributed by atoms with Crippen LogP contribution in [0.1, 0.15) is 12.8 Å². The number of rotatable bonds is 3. The number of hydrogen-bond acceptors (Lipinski definition) is 1. The lowest BCUT2D eigenvalue weighted by Crippen LogP contribution is -2.38. The molecular formula is C12H12Cl2F5N. The summed E-state index contributed by atoms with van der Waals surface area (Å²) < 4.78 is 63.2. The number of benzene rings is 1. The van der Waals surface area contributed by atoms with Crippen LogP contribution in [-0.4, -0.2) is 12.7 Å². The van der Waals surface area contributed by atoms with Crippen molar-refractivity contribution in [3.63, 3.8) is 0 Å². The molecule has 0 aromatic heterocycles. The zero-order chi connectivity index (χ0) is 14.2. The number of hydrogen-bond donors (Lipinski definition) is 1. The lowest BCUT2D eigenvalue weighted by molar-refractivity contribution is -0.203. The number of alkyl halides is 3. The molecule has 1 aliphatic carbocycles. The van der Waals surface area contributed by atoms with Gasteiger partial charge in [-0.25, -0.2) is 8.78 Å². The molecule has 0 saturated heterocycles. The summed E-state index contributed by atoms with van der Waals surface area (Å²) in [6.45, 7) is 0.214. The molecule has 0 heterocycles. The monoisotopic (exact) mass is 335 g/mol. The van der Waals surface area contributed by atoms with E-state index >= 15 is 0 Å². The minimum atomic E-state index is -4.15. The number of halogens is 7. The van der Waals surface area contributed by atoms with Crippen LogP contribution in [0.2, 0.25) is 5.02 Å². The summed E-state index contributed by atoms with van der Waals surface area (Å²) in [5, 5.41) is 2.04. The first kappa shape index (κ1) is 17.3. The molecule has 0 amide bonds. The van der Waals surface area contributed by atoms with Gasteiger partial charge in [0.1, 0.15) is 10.8 Å². The maximum atomic E-state index is 13.5. The fourth-order valence-corrected chi connectivity index (χ4v) is 2.25. The summed E-state index contributed by atoms with van der Waals surface area (Å²) in [6, 6.07) is 2.18. The van der Waals surface area contributed by atoms with Gasteiger partial charge in [-0.15, -0.1) is 12.4 Å². The van der Waals surface area contributed by atoms with E-state index in [9.17, 15) is 22.0 Å². The van der Waals surface area contributed by atoms with E-state index in [4.69, 9.17) is 11.6 Å². The highest BCUT2D eigenvalue weighted by Crippen LogP contribution is 2.44. The Bertz CT molecular complexity index is 472. The lowest BCUT2D eigenvalue weighted by atomic mass is 9.74. The first-order valence-electron chi connectivity index (χ1n) is 5.73. The average Bonchev–Trinajstić information content (AvgIpc) is 2.25. The molecule has 0 aliphatic heterocycles. The van der Waals surface area contributed by atoms with Crippen LogP contribution in [0.3, 0.4) is 0 Å². The second-order valence-electron chi connectivity index (χ2n) is 4.68. The van der Waals surface area contributed by atoms with Crippen molar-refractivity contribution < 1.29 is 22.0 Å². The Balaban J connectivity index is 0.00000200. The van der Waals surface area contributed by atoms with E-state index in [2.05, 4.69) is 5.32 Å². The highest BCUT2D eigenvalue weighted by molar-refractivity contribution is 6.31. The van der Waals surface area contributed by atoms with Gasteiger partial charge in [-0.1, -0.05) is 11.6 Å². The minimum absolute atomic E-state index is 0. The van der Waals surface area contributed by atoms with E-state index in [1.165, 1.54) is 6.07 Å². The van der Waals surface area contributed by atoms with E-state index in [1.54, 1.807) is 0 Å². The third-order valence-electron chi connectivity index (χ3n) is 3.31. The number of anilines is 1. The van der Waals surface area contributed by atoms with E-state index in [-0.39, 0.29) is 43.4 Å². The molecule has 1 saturated carbocycles. The molecule has 8 heteroatoms. The van der Waals surface area contributed by atoms with Gasteiger partial charge in [0.15, 0.2) is 5.82 Å². The Labute approximate surface area is 123 Å². The SMILES string of the molecule is Cl.Fc1ccc(NC[C@H]2C[C@H](C(F)(F)F)C2)c(F)c1Cl. The van der Waals surface area contributed by atoms with Crippen LogP contribution in [-0.2, 0) is 0 Å². The summed E-state index contributed by atoms with van der Waals surface area (Å²) in [4.78, 5) is 0. The van der Waals surface area contributed by atoms with Crippen molar-refractivity contribution in [2.75, 3.05) is 11.9 Å². The predicted octanol–water partition coefficient (Wildman–Crippen LogP) is 5.04. The van der Waals surface area contributed by atoms with E-state index in [0.29, 0.717) is 0 Å². The third kappa shape index (κ3) is 3.67. The van der Waals surface area contributed by atoms with E-state index in [1.807, 2.05) is 0 Å². The quantitative estimate of drug-likeness (QED) is 0.602. The normalized spacial score (nSPS) is 21.9. The van der Waals surface area contributed by atoms with Crippen LogP contribution in [0, 0.1) is 23.5 Å². The zero-order valence-corrected chi connectivity index (χ0v) is 11.7. The molecule has 0 spiro atoms. The molecule has 0 unspecified atom stereocenters. The molecule has 0 bridgehead atoms. The van der Waals surface area contributed by atoms with Crippen LogP contribution in [0.5, 0.6) is 0 Å². The summed E-state index contributed by atoms with van der Waals surface area (Å²) in [5.74, 6) is -3.21. The maximum absolute atomic E-state index is 13.5. The van der Waals surface area contributed by atoms with Gasteiger partial charge in [0.05, 0.1) is 11.6 Å². The van der Waals surface area contributed by atoms with E-state index < -0.39 is 28.8 Å². The zero-order valence-electron chi connectivity index (χ0n) is 10.1. The molecule has 20 heavy (non-hydrogen) atoms. The Kier molecular flexibility index (Phi) is 5.49. The Morgan fingerprint density at radius 2 is 1.80 bits per heavy atom. The molecule has 1 N–H and O–H groups in total. The third-order valence-corrected chi connectivity index (χ3v) is 3.66. The van der Waals surface area contributed by atoms with Gasteiger partial charge < -0.3 is 5.32 Å². The van der Waals surface area contributed by atoms with Crippen molar-refractivity contribution in [1.29, 1.82) is 0 Å². The van der Waals surface area contributed by atoms with Gasteiger partial charge in [-0.2, -0.15) is 13.2 Å². The largest absolute Gasteiger partial charge is 0.391 e. The van der Waals surface area contributed by atoms with Gasteiger partial charge in [0, 0.05) is 6.54 Å². The molecule has 1 aromatic rings. The van der Waals surface area contributed by atoms with Gasteiger partial charge in [-0.05, 0) is 30.9 Å². The second kappa shape index (κ2) is 6.35. The van der Waals surface area contributed by atoms with Crippen molar-refractivity contribution in [2.24, 2.45) is 11.8 Å². The Morgan fingerprint density at radius 3 is 2.35 bits per heavy atom. The van der Waals surface area contributed by atoms with Crippen LogP contribution in [0.25, 0.3) is 0 Å². The van der Waals surface area contributed by atoms with Crippen LogP contribution >= 0.6 is 24.0 Å². The molecule has 0 atom stereocenters. The molecule has 2 rings (SSSR count). The maximum Gasteiger partial charge on any atom is 0.391 e. The molecule has 114 valence electrons. The molecule has 1 aliphatic rings. The van der Waals surface area contributed by atoms with Gasteiger partial charge in [-0.3, -0.25) is 0 Å². The van der Waals surface area contributed by atoms with Gasteiger partial charge in [0.2, 0.25) is 0 Å². The topological polar surface area (TPSA) is 12.0 Å². The molecule has 0 radical (unpaired) electrons. The van der Waals surface area contributed by atoms with Gasteiger partial charge in [0.25, 0.3) is 0 Å². The van der Waals surface area contributed by atoms with E-state index in [0.717, 1.165) is 6.07 Å². The van der Waals surface area contributed by atoms with Crippen molar-refractivity contribution in [1.82, 2.24) is 0 Å². The first-order chi connectivity index (χ1) is 8.79. The van der Waals surface area contributed by atoms with Crippen molar-refractivity contribution >= 4 is 29.7 Å². The summed E-state index contributed by atoms with van der Waals surface area (Å²) in [7, 11) is 0. The molecule has 1 fully saturated rings. The van der Waals surface area contributed by atoms with Crippen LogP contribution < -0.4 is 5.32 Å². The summed E-state index contributed by atoms with van der Waals surface area (Å²) in [5.41, 5.74) is 0.00172. The van der Waals surface area contributed by atoms with Crippen molar-refractivity contribution in [2.45, 2.75) is 19.0 Å². The molecule has 1 nitrogen and oxygen atoms in total. The molecular weight excluding hydrogens is 324 g/mol. The fourth-order valence-electron chi connectivity index (χ4n) is 2.09. The second-order valence-corrected chi connectivity index (χ2v) is 5.06. The minimum Gasteiger partial charge on any atom is -0.382 e. The van der Waals surface area contributed by atoms with Crippen LogP contribution in [0.15, 0.2) is 12.1 Å². The lowest BCUT2D eigenvalue weighted by Gasteiger charge is -2.36. The average molecular weight is 336 g/mol. The van der Waals surface area contributed by atoms with Crippen molar-refractivity contribution in [3.05, 3.63) is 28.8 Å². The fraction of sp³-hybridized carbons (Fsp3) is 0.500. The Hall–Kier alpha value is -0.750. The Morgan fingerprint density at radius 1 is 1.20 bits per heavy atom. The van der Waals surface area contributed by atoms with Gasteiger partial charge >= 0.3 is 6.18 Å². The first-order valence-corrected chi connectivity index (χ1v) is 6.11. The highest BCUT2D eigenvalue weighted by Gasteiger charge is 2.47. The predicted molar refractivity (Wildman–Crippen MR) is 69.4 cm³/mol. The molecule has 1 aromatic carbocycles. The standard InChI is InChI=1S/C12H11ClF5N.ClH/c13-10-8(14)1-2-9(11(10)15)19-5-6-3-7(4-6)12(16,17)18;/h1-2,6-7,19H,3-5H2;1H/t6-,7-;. The summed E-state index contributed by atoms with van der Waals surface area (Å²) in [6.07, 6.45) is -4.08. The smallest absolute Gasteiger partial charge is 0.382 e. The summed E-state index contributed by atoms with van der Waals surface area (Å²) >= 11 is 5.39. The highest BCUT2D eigenvalue weighted by atomic mass is 35.5. The van der Waals surface area contributed by atoms with Crippen molar-refractivity contribution in [3.8, 4) is 0 Å². The number of nitrogens with one attached hydrogen (secondary N) is 1. The van der Waals surface area contributed by atoms with Crippen LogP contribution in [0.4, 0.5) is 27.6 Å².